The Bertz CT molecular complexity index is 1050. The van der Waals surface area contributed by atoms with E-state index >= 15 is 0 Å². The van der Waals surface area contributed by atoms with Gasteiger partial charge in [-0.25, -0.2) is 4.98 Å². The van der Waals surface area contributed by atoms with Crippen LogP contribution in [0.15, 0.2) is 54.9 Å². The van der Waals surface area contributed by atoms with Crippen LogP contribution in [0.25, 0.3) is 22.3 Å². The zero-order valence-electron chi connectivity index (χ0n) is 15.8. The lowest BCUT2D eigenvalue weighted by atomic mass is 10.0. The summed E-state index contributed by atoms with van der Waals surface area (Å²) in [6.45, 7) is 4.25. The summed E-state index contributed by atoms with van der Waals surface area (Å²) in [5.41, 5.74) is 3.79. The van der Waals surface area contributed by atoms with Gasteiger partial charge in [-0.3, -0.25) is 14.9 Å². The number of carbonyl (C=O) groups excluding carboxylic acids is 1. The molecule has 0 unspecified atom stereocenters. The highest BCUT2D eigenvalue weighted by Gasteiger charge is 2.21. The molecule has 0 fully saturated rings. The Morgan fingerprint density at radius 1 is 1.18 bits per heavy atom. The van der Waals surface area contributed by atoms with E-state index in [0.29, 0.717) is 17.3 Å². The summed E-state index contributed by atoms with van der Waals surface area (Å²) in [4.78, 5) is 24.9. The minimum absolute atomic E-state index is 0.214. The molecule has 0 saturated carbocycles. The fourth-order valence-electron chi connectivity index (χ4n) is 3.18. The molecule has 0 aliphatic rings. The van der Waals surface area contributed by atoms with E-state index < -0.39 is 0 Å². The van der Waals surface area contributed by atoms with Crippen LogP contribution in [0.2, 0.25) is 0 Å². The van der Waals surface area contributed by atoms with Gasteiger partial charge in [-0.15, -0.1) is 0 Å². The molecule has 7 nitrogen and oxygen atoms in total. The van der Waals surface area contributed by atoms with Gasteiger partial charge in [0.15, 0.2) is 0 Å². The van der Waals surface area contributed by atoms with Gasteiger partial charge in [0.2, 0.25) is 0 Å². The molecule has 3 heterocycles. The van der Waals surface area contributed by atoms with Crippen molar-refractivity contribution in [3.8, 4) is 11.3 Å². The molecule has 0 radical (unpaired) electrons. The normalized spacial score (nSPS) is 12.4. The molecule has 3 aromatic heterocycles. The third-order valence-corrected chi connectivity index (χ3v) is 4.53. The Labute approximate surface area is 162 Å². The molecule has 1 amide bonds. The molecule has 4 aromatic rings. The SMILES string of the molecule is CC(C)C[C@@H](NC(=O)c1cc(-c2cccnc2)n[nH]1)c1nc2ccccc2[nH]1. The summed E-state index contributed by atoms with van der Waals surface area (Å²) in [6, 6.07) is 13.1. The van der Waals surface area contributed by atoms with Crippen LogP contribution in [-0.4, -0.2) is 31.1 Å². The number of aromatic amines is 2. The minimum Gasteiger partial charge on any atom is -0.341 e. The van der Waals surface area contributed by atoms with Gasteiger partial charge in [0.25, 0.3) is 5.91 Å². The fraction of sp³-hybridized carbons (Fsp3) is 0.238. The van der Waals surface area contributed by atoms with E-state index in [4.69, 9.17) is 0 Å². The number of H-pyrrole nitrogens is 2. The second kappa shape index (κ2) is 7.64. The summed E-state index contributed by atoms with van der Waals surface area (Å²) < 4.78 is 0. The number of carbonyl (C=O) groups is 1. The summed E-state index contributed by atoms with van der Waals surface area (Å²) >= 11 is 0. The quantitative estimate of drug-likeness (QED) is 0.477. The van der Waals surface area contributed by atoms with Crippen LogP contribution in [0.4, 0.5) is 0 Å². The maximum absolute atomic E-state index is 12.8. The average Bonchev–Trinajstić information content (AvgIpc) is 3.35. The van der Waals surface area contributed by atoms with Crippen molar-refractivity contribution in [1.82, 2.24) is 30.5 Å². The summed E-state index contributed by atoms with van der Waals surface area (Å²) in [6.07, 6.45) is 4.19. The van der Waals surface area contributed by atoms with E-state index in [1.807, 2.05) is 36.4 Å². The fourth-order valence-corrected chi connectivity index (χ4v) is 3.18. The molecule has 0 aliphatic heterocycles. The summed E-state index contributed by atoms with van der Waals surface area (Å²) in [7, 11) is 0. The Hall–Kier alpha value is -3.48. The molecule has 28 heavy (non-hydrogen) atoms. The number of fused-ring (bicyclic) bond motifs is 1. The van der Waals surface area contributed by atoms with Gasteiger partial charge in [-0.2, -0.15) is 5.10 Å². The molecule has 0 spiro atoms. The molecule has 142 valence electrons. The lowest BCUT2D eigenvalue weighted by molar-refractivity contribution is 0.0925. The van der Waals surface area contributed by atoms with E-state index in [1.165, 1.54) is 0 Å². The van der Waals surface area contributed by atoms with E-state index in [1.54, 1.807) is 18.5 Å². The number of imidazole rings is 1. The van der Waals surface area contributed by atoms with E-state index in [2.05, 4.69) is 44.3 Å². The van der Waals surface area contributed by atoms with Crippen molar-refractivity contribution in [3.63, 3.8) is 0 Å². The second-order valence-electron chi connectivity index (χ2n) is 7.20. The van der Waals surface area contributed by atoms with Crippen LogP contribution in [0.5, 0.6) is 0 Å². The van der Waals surface area contributed by atoms with Crippen LogP contribution in [0.1, 0.15) is 42.6 Å². The van der Waals surface area contributed by atoms with Gasteiger partial charge in [0.05, 0.1) is 22.8 Å². The standard InChI is InChI=1S/C21H22N6O/c1-13(2)10-18(20-23-15-7-3-4-8-16(15)24-20)25-21(28)19-11-17(26-27-19)14-6-5-9-22-12-14/h3-9,11-13,18H,10H2,1-2H3,(H,23,24)(H,25,28)(H,26,27)/t18-/m1/s1. The first-order valence-corrected chi connectivity index (χ1v) is 9.31. The predicted molar refractivity (Wildman–Crippen MR) is 108 cm³/mol. The Balaban J connectivity index is 1.57. The largest absolute Gasteiger partial charge is 0.341 e. The summed E-state index contributed by atoms with van der Waals surface area (Å²) in [5, 5.41) is 10.1. The molecule has 1 aromatic carbocycles. The Kier molecular flexibility index (Phi) is 4.89. The number of benzene rings is 1. The smallest absolute Gasteiger partial charge is 0.269 e. The number of hydrogen-bond donors (Lipinski definition) is 3. The lowest BCUT2D eigenvalue weighted by Gasteiger charge is -2.18. The van der Waals surface area contributed by atoms with E-state index in [9.17, 15) is 4.79 Å². The molecule has 0 aliphatic carbocycles. The highest BCUT2D eigenvalue weighted by molar-refractivity contribution is 5.93. The number of hydrogen-bond acceptors (Lipinski definition) is 4. The first kappa shape index (κ1) is 17.9. The number of rotatable bonds is 6. The minimum atomic E-state index is -0.218. The van der Waals surface area contributed by atoms with E-state index in [-0.39, 0.29) is 11.9 Å². The van der Waals surface area contributed by atoms with Crippen LogP contribution >= 0.6 is 0 Å². The number of pyridine rings is 1. The van der Waals surface area contributed by atoms with Gasteiger partial charge >= 0.3 is 0 Å². The van der Waals surface area contributed by atoms with Crippen molar-refractivity contribution in [2.75, 3.05) is 0 Å². The Morgan fingerprint density at radius 3 is 2.79 bits per heavy atom. The molecule has 7 heteroatoms. The summed E-state index contributed by atoms with van der Waals surface area (Å²) in [5.74, 6) is 0.940. The second-order valence-corrected chi connectivity index (χ2v) is 7.20. The van der Waals surface area contributed by atoms with Crippen molar-refractivity contribution in [2.24, 2.45) is 5.92 Å². The van der Waals surface area contributed by atoms with Crippen LogP contribution < -0.4 is 5.32 Å². The van der Waals surface area contributed by atoms with E-state index in [0.717, 1.165) is 28.8 Å². The monoisotopic (exact) mass is 374 g/mol. The molecule has 3 N–H and O–H groups in total. The highest BCUT2D eigenvalue weighted by Crippen LogP contribution is 2.23. The number of aromatic nitrogens is 5. The lowest BCUT2D eigenvalue weighted by Crippen LogP contribution is -2.30. The van der Waals surface area contributed by atoms with Gasteiger partial charge < -0.3 is 10.3 Å². The van der Waals surface area contributed by atoms with Gasteiger partial charge in [-0.05, 0) is 42.7 Å². The van der Waals surface area contributed by atoms with Crippen LogP contribution in [-0.2, 0) is 0 Å². The van der Waals surface area contributed by atoms with Gasteiger partial charge in [0.1, 0.15) is 11.5 Å². The third kappa shape index (κ3) is 3.78. The highest BCUT2D eigenvalue weighted by atomic mass is 16.2. The maximum Gasteiger partial charge on any atom is 0.269 e. The first-order valence-electron chi connectivity index (χ1n) is 9.31. The average molecular weight is 374 g/mol. The molecular weight excluding hydrogens is 352 g/mol. The molecule has 1 atom stereocenters. The zero-order chi connectivity index (χ0) is 19.5. The van der Waals surface area contributed by atoms with Crippen molar-refractivity contribution in [1.29, 1.82) is 0 Å². The van der Waals surface area contributed by atoms with Crippen LogP contribution in [0.3, 0.4) is 0 Å². The predicted octanol–water partition coefficient (Wildman–Crippen LogP) is 3.87. The van der Waals surface area contributed by atoms with Gasteiger partial charge in [0, 0.05) is 18.0 Å². The maximum atomic E-state index is 12.8. The van der Waals surface area contributed by atoms with Crippen molar-refractivity contribution < 1.29 is 4.79 Å². The number of nitrogens with zero attached hydrogens (tertiary/aromatic N) is 3. The molecular formula is C21H22N6O. The first-order chi connectivity index (χ1) is 13.6. The number of nitrogens with one attached hydrogen (secondary N) is 3. The van der Waals surface area contributed by atoms with Crippen molar-refractivity contribution in [2.45, 2.75) is 26.3 Å². The zero-order valence-corrected chi connectivity index (χ0v) is 15.8. The van der Waals surface area contributed by atoms with Crippen LogP contribution in [0, 0.1) is 5.92 Å². The molecule has 4 rings (SSSR count). The van der Waals surface area contributed by atoms with Crippen molar-refractivity contribution >= 4 is 16.9 Å². The third-order valence-electron chi connectivity index (χ3n) is 4.53. The number of amides is 1. The topological polar surface area (TPSA) is 99.3 Å². The van der Waals surface area contributed by atoms with Gasteiger partial charge in [-0.1, -0.05) is 26.0 Å². The Morgan fingerprint density at radius 2 is 2.04 bits per heavy atom. The molecule has 0 saturated heterocycles. The molecule has 0 bridgehead atoms. The number of para-hydroxylation sites is 2. The van der Waals surface area contributed by atoms with Crippen molar-refractivity contribution in [3.05, 3.63) is 66.4 Å².